The summed E-state index contributed by atoms with van der Waals surface area (Å²) in [5.74, 6) is 0. The van der Waals surface area contributed by atoms with Gasteiger partial charge in [0.1, 0.15) is 12.7 Å². The second-order valence-corrected chi connectivity index (χ2v) is 7.48. The van der Waals surface area contributed by atoms with Crippen molar-refractivity contribution in [2.24, 2.45) is 0 Å². The summed E-state index contributed by atoms with van der Waals surface area (Å²) in [6.07, 6.45) is 6.48. The van der Waals surface area contributed by atoms with Crippen LogP contribution in [0.15, 0.2) is 54.2 Å². The van der Waals surface area contributed by atoms with Gasteiger partial charge in [0.25, 0.3) is 0 Å². The number of nitrogens with zero attached hydrogens (tertiary/aromatic N) is 4. The molecule has 8 nitrogen and oxygen atoms in total. The van der Waals surface area contributed by atoms with Crippen molar-refractivity contribution < 1.29 is 8.42 Å². The third-order valence-corrected chi connectivity index (χ3v) is 5.30. The highest BCUT2D eigenvalue weighted by molar-refractivity contribution is 7.89. The van der Waals surface area contributed by atoms with Crippen LogP contribution in [0.5, 0.6) is 0 Å². The van der Waals surface area contributed by atoms with Crippen LogP contribution >= 0.6 is 0 Å². The van der Waals surface area contributed by atoms with Crippen LogP contribution in [-0.2, 0) is 16.6 Å². The number of hydrogen-bond acceptors (Lipinski definition) is 6. The lowest BCUT2D eigenvalue weighted by atomic mass is 10.2. The van der Waals surface area contributed by atoms with Crippen LogP contribution in [0, 0.1) is 0 Å². The highest BCUT2D eigenvalue weighted by Gasteiger charge is 2.17. The molecule has 0 aliphatic heterocycles. The van der Waals surface area contributed by atoms with Gasteiger partial charge in [-0.05, 0) is 30.5 Å². The van der Waals surface area contributed by atoms with Crippen molar-refractivity contribution in [3.05, 3.63) is 49.3 Å². The molecule has 2 N–H and O–H groups in total. The summed E-state index contributed by atoms with van der Waals surface area (Å²) in [4.78, 5) is 8.15. The van der Waals surface area contributed by atoms with E-state index in [1.165, 1.54) is 6.33 Å². The number of fused-ring (bicyclic) bond motifs is 1. The smallest absolute Gasteiger partial charge is 0.240 e. The van der Waals surface area contributed by atoms with Crippen molar-refractivity contribution in [2.45, 2.75) is 24.4 Å². The van der Waals surface area contributed by atoms with Gasteiger partial charge in [0.2, 0.25) is 10.0 Å². The third-order valence-electron chi connectivity index (χ3n) is 3.71. The summed E-state index contributed by atoms with van der Waals surface area (Å²) in [6, 6.07) is 6.57. The maximum atomic E-state index is 12.5. The Labute approximate surface area is 146 Å². The number of aromatic nitrogens is 4. The van der Waals surface area contributed by atoms with E-state index in [1.807, 2.05) is 6.92 Å². The summed E-state index contributed by atoms with van der Waals surface area (Å²) < 4.78 is 29.5. The molecule has 0 radical (unpaired) electrons. The molecule has 25 heavy (non-hydrogen) atoms. The van der Waals surface area contributed by atoms with E-state index in [-0.39, 0.29) is 10.9 Å². The minimum Gasteiger partial charge on any atom is -0.313 e. The van der Waals surface area contributed by atoms with Crippen LogP contribution in [0.4, 0.5) is 0 Å². The van der Waals surface area contributed by atoms with Gasteiger partial charge in [0, 0.05) is 36.9 Å². The van der Waals surface area contributed by atoms with E-state index in [4.69, 9.17) is 0 Å². The average Bonchev–Trinajstić information content (AvgIpc) is 3.11. The lowest BCUT2D eigenvalue weighted by Gasteiger charge is -2.15. The number of nitrogens with one attached hydrogen (secondary N) is 2. The molecule has 3 aromatic rings. The third kappa shape index (κ3) is 4.59. The fraction of sp³-hybridized carbons (Fsp3) is 0.312. The van der Waals surface area contributed by atoms with Crippen LogP contribution in [0.1, 0.15) is 6.92 Å². The second kappa shape index (κ2) is 7.68. The number of sulfonamides is 1. The van der Waals surface area contributed by atoms with Crippen molar-refractivity contribution >= 4 is 20.8 Å². The average molecular weight is 360 g/mol. The van der Waals surface area contributed by atoms with Gasteiger partial charge in [-0.15, -0.1) is 0 Å². The Hall–Kier alpha value is -2.36. The Morgan fingerprint density at radius 1 is 1.20 bits per heavy atom. The molecule has 0 aliphatic carbocycles. The Morgan fingerprint density at radius 3 is 2.88 bits per heavy atom. The molecule has 0 unspecified atom stereocenters. The molecule has 3 rings (SSSR count). The number of benzene rings is 1. The van der Waals surface area contributed by atoms with Crippen molar-refractivity contribution in [3.8, 4) is 0 Å². The molecule has 1 aromatic carbocycles. The topological polar surface area (TPSA) is 102 Å². The van der Waals surface area contributed by atoms with Gasteiger partial charge in [-0.2, -0.15) is 5.10 Å². The summed E-state index contributed by atoms with van der Waals surface area (Å²) in [5.41, 5.74) is 0. The quantitative estimate of drug-likeness (QED) is 0.576. The Balaban J connectivity index is 1.56. The molecular weight excluding hydrogens is 340 g/mol. The highest BCUT2D eigenvalue weighted by atomic mass is 32.2. The van der Waals surface area contributed by atoms with Gasteiger partial charge in [-0.1, -0.05) is 6.07 Å². The summed E-state index contributed by atoms with van der Waals surface area (Å²) in [7, 11) is -3.57. The first-order chi connectivity index (χ1) is 12.0. The molecule has 2 heterocycles. The zero-order valence-corrected chi connectivity index (χ0v) is 14.6. The van der Waals surface area contributed by atoms with Crippen molar-refractivity contribution in [2.75, 3.05) is 13.1 Å². The minimum absolute atomic E-state index is 0.242. The molecule has 9 heteroatoms. The lowest BCUT2D eigenvalue weighted by molar-refractivity contribution is 0.508. The molecule has 132 valence electrons. The van der Waals surface area contributed by atoms with E-state index >= 15 is 0 Å². The van der Waals surface area contributed by atoms with Crippen LogP contribution in [0.25, 0.3) is 10.8 Å². The van der Waals surface area contributed by atoms with Gasteiger partial charge in [-0.25, -0.2) is 18.1 Å². The Morgan fingerprint density at radius 2 is 2.08 bits per heavy atom. The summed E-state index contributed by atoms with van der Waals surface area (Å²) >= 11 is 0. The molecule has 0 saturated carbocycles. The first kappa shape index (κ1) is 17.5. The van der Waals surface area contributed by atoms with Crippen molar-refractivity contribution in [1.82, 2.24) is 29.8 Å². The van der Waals surface area contributed by atoms with Gasteiger partial charge >= 0.3 is 0 Å². The molecule has 0 fully saturated rings. The molecule has 2 aromatic heterocycles. The zero-order valence-electron chi connectivity index (χ0n) is 13.8. The largest absolute Gasteiger partial charge is 0.313 e. The van der Waals surface area contributed by atoms with Crippen molar-refractivity contribution in [1.29, 1.82) is 0 Å². The SMILES string of the molecule is C[C@H](CNCCn1cncn1)NS(=O)(=O)c1ccc2cnccc2c1. The normalized spacial score (nSPS) is 13.2. The van der Waals surface area contributed by atoms with E-state index < -0.39 is 10.0 Å². The van der Waals surface area contributed by atoms with Crippen LogP contribution in [0.3, 0.4) is 0 Å². The van der Waals surface area contributed by atoms with Gasteiger partial charge in [0.15, 0.2) is 0 Å². The molecule has 0 saturated heterocycles. The monoisotopic (exact) mass is 360 g/mol. The predicted octanol–water partition coefficient (Wildman–Crippen LogP) is 0.783. The highest BCUT2D eigenvalue weighted by Crippen LogP contribution is 2.18. The maximum absolute atomic E-state index is 12.5. The number of hydrogen-bond donors (Lipinski definition) is 2. The summed E-state index contributed by atoms with van der Waals surface area (Å²) in [5, 5.41) is 8.96. The number of rotatable bonds is 8. The van der Waals surface area contributed by atoms with E-state index in [0.717, 1.165) is 10.8 Å². The summed E-state index contributed by atoms with van der Waals surface area (Å²) in [6.45, 7) is 3.70. The fourth-order valence-electron chi connectivity index (χ4n) is 2.46. The molecule has 0 spiro atoms. The molecule has 0 bridgehead atoms. The van der Waals surface area contributed by atoms with E-state index in [2.05, 4.69) is 25.1 Å². The molecular formula is C16H20N6O2S. The van der Waals surface area contributed by atoms with Crippen molar-refractivity contribution in [3.63, 3.8) is 0 Å². The molecule has 0 aliphatic rings. The van der Waals surface area contributed by atoms with Gasteiger partial charge in [0.05, 0.1) is 11.4 Å². The zero-order chi connectivity index (χ0) is 17.7. The molecule has 1 atom stereocenters. The van der Waals surface area contributed by atoms with Crippen LogP contribution in [-0.4, -0.2) is 47.3 Å². The van der Waals surface area contributed by atoms with Crippen LogP contribution < -0.4 is 10.0 Å². The van der Waals surface area contributed by atoms with E-state index in [0.29, 0.717) is 19.6 Å². The first-order valence-corrected chi connectivity index (χ1v) is 9.42. The van der Waals surface area contributed by atoms with Gasteiger partial charge in [-0.3, -0.25) is 9.67 Å². The Kier molecular flexibility index (Phi) is 5.37. The molecule has 0 amide bonds. The maximum Gasteiger partial charge on any atom is 0.240 e. The standard InChI is InChI=1S/C16H20N6O2S/c1-13(9-18-6-7-22-12-19-11-20-22)21-25(23,24)16-3-2-15-10-17-5-4-14(15)8-16/h2-5,8,10-13,18,21H,6-7,9H2,1H3/t13-/m1/s1. The predicted molar refractivity (Wildman–Crippen MR) is 94.4 cm³/mol. The minimum atomic E-state index is -3.57. The second-order valence-electron chi connectivity index (χ2n) is 5.77. The number of pyridine rings is 1. The van der Waals surface area contributed by atoms with E-state index in [9.17, 15) is 8.42 Å². The fourth-order valence-corrected chi connectivity index (χ4v) is 3.74. The van der Waals surface area contributed by atoms with Gasteiger partial charge < -0.3 is 5.32 Å². The van der Waals surface area contributed by atoms with E-state index in [1.54, 1.807) is 47.7 Å². The first-order valence-electron chi connectivity index (χ1n) is 7.94. The lowest BCUT2D eigenvalue weighted by Crippen LogP contribution is -2.40. The Bertz CT molecular complexity index is 927. The van der Waals surface area contributed by atoms with Crippen LogP contribution in [0.2, 0.25) is 0 Å².